The highest BCUT2D eigenvalue weighted by atomic mass is 14.4. The van der Waals surface area contributed by atoms with E-state index in [0.717, 1.165) is 0 Å². The van der Waals surface area contributed by atoms with Crippen LogP contribution in [0.3, 0.4) is 0 Å². The third kappa shape index (κ3) is 2.91. The van der Waals surface area contributed by atoms with Crippen LogP contribution < -0.4 is 0 Å². The second kappa shape index (κ2) is 8.00. The maximum Gasteiger partial charge on any atom is 0.0165 e. The molecule has 0 spiro atoms. The molecule has 0 bridgehead atoms. The average Bonchev–Trinajstić information content (AvgIpc) is 3.30. The minimum absolute atomic E-state index is 0.106. The van der Waals surface area contributed by atoms with E-state index in [2.05, 4.69) is 147 Å². The fraction of sp³-hybridized carbons (Fsp3) is 0.0698. The zero-order chi connectivity index (χ0) is 28.4. The molecule has 200 valence electrons. The van der Waals surface area contributed by atoms with E-state index in [0.29, 0.717) is 0 Å². The zero-order valence-electron chi connectivity index (χ0n) is 24.2. The summed E-state index contributed by atoms with van der Waals surface area (Å²) in [6.45, 7) is 4.82. The molecule has 0 saturated heterocycles. The minimum Gasteiger partial charge on any atom is -0.0616 e. The Morgan fingerprint density at radius 2 is 1.02 bits per heavy atom. The monoisotopic (exact) mass is 544 g/mol. The van der Waals surface area contributed by atoms with Crippen LogP contribution in [-0.2, 0) is 5.41 Å². The summed E-state index contributed by atoms with van der Waals surface area (Å²) in [5.41, 5.74) is 8.16. The van der Waals surface area contributed by atoms with Gasteiger partial charge in [0, 0.05) is 5.41 Å². The van der Waals surface area contributed by atoms with Crippen LogP contribution in [0.1, 0.15) is 25.0 Å². The highest BCUT2D eigenvalue weighted by Gasteiger charge is 2.39. The average molecular weight is 545 g/mol. The van der Waals surface area contributed by atoms with Crippen molar-refractivity contribution < 1.29 is 0 Å². The first kappa shape index (κ1) is 23.4. The van der Waals surface area contributed by atoms with E-state index >= 15 is 0 Å². The topological polar surface area (TPSA) is 0 Å². The van der Waals surface area contributed by atoms with Gasteiger partial charge >= 0.3 is 0 Å². The van der Waals surface area contributed by atoms with E-state index in [-0.39, 0.29) is 5.41 Å². The highest BCUT2D eigenvalue weighted by Crippen LogP contribution is 2.56. The van der Waals surface area contributed by atoms with Gasteiger partial charge in [0.15, 0.2) is 0 Å². The summed E-state index contributed by atoms with van der Waals surface area (Å²) in [6, 6.07) is 50.3. The van der Waals surface area contributed by atoms with Crippen molar-refractivity contribution in [2.75, 3.05) is 0 Å². The van der Waals surface area contributed by atoms with Crippen LogP contribution in [0.25, 0.3) is 86.9 Å². The number of fused-ring (bicyclic) bond motifs is 10. The first-order valence-electron chi connectivity index (χ1n) is 15.3. The van der Waals surface area contributed by atoms with Gasteiger partial charge in [0.1, 0.15) is 0 Å². The molecular formula is C43H28. The van der Waals surface area contributed by atoms with Crippen LogP contribution >= 0.6 is 0 Å². The summed E-state index contributed by atoms with van der Waals surface area (Å²) in [5.74, 6) is 0. The third-order valence-electron chi connectivity index (χ3n) is 10.3. The molecule has 0 nitrogen and oxygen atoms in total. The lowest BCUT2D eigenvalue weighted by Crippen LogP contribution is -2.15. The molecule has 10 rings (SSSR count). The molecule has 0 N–H and O–H groups in total. The Morgan fingerprint density at radius 1 is 0.395 bits per heavy atom. The van der Waals surface area contributed by atoms with Gasteiger partial charge in [0.2, 0.25) is 0 Å². The van der Waals surface area contributed by atoms with Gasteiger partial charge in [-0.1, -0.05) is 141 Å². The van der Waals surface area contributed by atoms with Gasteiger partial charge < -0.3 is 0 Å². The van der Waals surface area contributed by atoms with Crippen LogP contribution in [0.15, 0.2) is 133 Å². The summed E-state index contributed by atoms with van der Waals surface area (Å²) in [5, 5.41) is 16.0. The number of hydrogen-bond donors (Lipinski definition) is 0. The molecular weight excluding hydrogens is 516 g/mol. The Morgan fingerprint density at radius 3 is 1.86 bits per heavy atom. The van der Waals surface area contributed by atoms with E-state index in [9.17, 15) is 0 Å². The van der Waals surface area contributed by atoms with E-state index in [1.807, 2.05) is 0 Å². The van der Waals surface area contributed by atoms with Gasteiger partial charge in [-0.25, -0.2) is 0 Å². The predicted molar refractivity (Wildman–Crippen MR) is 186 cm³/mol. The Bertz CT molecular complexity index is 2620. The van der Waals surface area contributed by atoms with Crippen LogP contribution in [0, 0.1) is 0 Å². The normalized spacial score (nSPS) is 14.0. The van der Waals surface area contributed by atoms with Crippen LogP contribution in [-0.4, -0.2) is 0 Å². The van der Waals surface area contributed by atoms with Crippen molar-refractivity contribution in [1.29, 1.82) is 0 Å². The Balaban J connectivity index is 1.31. The van der Waals surface area contributed by atoms with Gasteiger partial charge in [0.25, 0.3) is 0 Å². The van der Waals surface area contributed by atoms with E-state index in [1.54, 1.807) is 0 Å². The zero-order valence-corrected chi connectivity index (χ0v) is 24.2. The molecule has 0 aromatic heterocycles. The fourth-order valence-electron chi connectivity index (χ4n) is 8.45. The lowest BCUT2D eigenvalue weighted by atomic mass is 9.78. The van der Waals surface area contributed by atoms with Gasteiger partial charge in [-0.05, 0) is 104 Å². The molecule has 0 unspecified atom stereocenters. The van der Waals surface area contributed by atoms with Gasteiger partial charge in [-0.15, -0.1) is 0 Å². The van der Waals surface area contributed by atoms with Crippen molar-refractivity contribution >= 4 is 64.6 Å². The molecule has 0 fully saturated rings. The quantitative estimate of drug-likeness (QED) is 0.180. The molecule has 0 heterocycles. The summed E-state index contributed by atoms with van der Waals surface area (Å²) in [7, 11) is 0. The molecule has 43 heavy (non-hydrogen) atoms. The van der Waals surface area contributed by atoms with Crippen LogP contribution in [0.5, 0.6) is 0 Å². The van der Waals surface area contributed by atoms with E-state index in [1.165, 1.54) is 98.0 Å². The summed E-state index contributed by atoms with van der Waals surface area (Å²) >= 11 is 0. The Hall–Kier alpha value is -5.20. The lowest BCUT2D eigenvalue weighted by molar-refractivity contribution is 0.667. The maximum absolute atomic E-state index is 2.46. The smallest absolute Gasteiger partial charge is 0.0165 e. The van der Waals surface area contributed by atoms with Crippen molar-refractivity contribution in [3.8, 4) is 22.3 Å². The number of rotatable bonds is 1. The second-order valence-corrected chi connectivity index (χ2v) is 12.9. The summed E-state index contributed by atoms with van der Waals surface area (Å²) in [4.78, 5) is 0. The fourth-order valence-corrected chi connectivity index (χ4v) is 8.45. The third-order valence-corrected chi connectivity index (χ3v) is 10.3. The van der Waals surface area contributed by atoms with Crippen molar-refractivity contribution in [1.82, 2.24) is 0 Å². The lowest BCUT2D eigenvalue weighted by Gasteiger charge is -2.24. The van der Waals surface area contributed by atoms with Gasteiger partial charge in [-0.3, -0.25) is 0 Å². The molecule has 0 atom stereocenters. The molecule has 0 radical (unpaired) electrons. The standard InChI is InChI=1S/C43H28/c1-43(2)37-23-19-25-8-3-4-11-31(25)40(37)41-33-13-6-5-12-32(33)36-24-29(18-22-35(36)42(41)43)30-20-16-28-15-14-26-9-7-10-27-17-21-34(30)39(28)38(26)27/h3-24H,1-2H3. The van der Waals surface area contributed by atoms with Crippen LogP contribution in [0.4, 0.5) is 0 Å². The predicted octanol–water partition coefficient (Wildman–Crippen LogP) is 12.0. The summed E-state index contributed by atoms with van der Waals surface area (Å²) in [6.07, 6.45) is 0. The molecule has 0 aliphatic heterocycles. The first-order valence-corrected chi connectivity index (χ1v) is 15.3. The first-order chi connectivity index (χ1) is 21.1. The van der Waals surface area contributed by atoms with Gasteiger partial charge in [-0.2, -0.15) is 0 Å². The number of hydrogen-bond acceptors (Lipinski definition) is 0. The van der Waals surface area contributed by atoms with Crippen molar-refractivity contribution in [2.24, 2.45) is 0 Å². The molecule has 0 saturated carbocycles. The molecule has 0 heteroatoms. The van der Waals surface area contributed by atoms with Crippen LogP contribution in [0.2, 0.25) is 0 Å². The maximum atomic E-state index is 2.46. The molecule has 0 amide bonds. The van der Waals surface area contributed by atoms with E-state index < -0.39 is 0 Å². The SMILES string of the molecule is CC1(C)c2ccc3ccccc3c2-c2c1c1ccc(-c3ccc4ccc5cccc6ccc3c4c56)cc1c1ccccc21. The van der Waals surface area contributed by atoms with E-state index in [4.69, 9.17) is 0 Å². The summed E-state index contributed by atoms with van der Waals surface area (Å²) < 4.78 is 0. The minimum atomic E-state index is -0.106. The van der Waals surface area contributed by atoms with Crippen molar-refractivity contribution in [3.05, 3.63) is 145 Å². The Labute approximate surface area is 250 Å². The van der Waals surface area contributed by atoms with Crippen molar-refractivity contribution in [3.63, 3.8) is 0 Å². The number of benzene rings is 9. The highest BCUT2D eigenvalue weighted by molar-refractivity contribution is 6.26. The molecule has 1 aliphatic carbocycles. The van der Waals surface area contributed by atoms with Gasteiger partial charge in [0.05, 0.1) is 0 Å². The molecule has 1 aliphatic rings. The molecule has 9 aromatic carbocycles. The second-order valence-electron chi connectivity index (χ2n) is 12.9. The van der Waals surface area contributed by atoms with Crippen molar-refractivity contribution in [2.45, 2.75) is 19.3 Å². The largest absolute Gasteiger partial charge is 0.0616 e. The Kier molecular flexibility index (Phi) is 4.35. The molecule has 9 aromatic rings.